The Morgan fingerprint density at radius 3 is 2.46 bits per heavy atom. The fourth-order valence-electron chi connectivity index (χ4n) is 3.05. The van der Waals surface area contributed by atoms with Crippen LogP contribution in [0.2, 0.25) is 0 Å². The molecule has 0 saturated heterocycles. The number of benzene rings is 1. The molecule has 1 aliphatic carbocycles. The molecule has 1 N–H and O–H groups in total. The molecule has 0 aliphatic heterocycles. The minimum atomic E-state index is -0.415. The molecule has 5 heteroatoms. The van der Waals surface area contributed by atoms with Gasteiger partial charge in [-0.15, -0.1) is 0 Å². The number of aryl methyl sites for hydroxylation is 1. The van der Waals surface area contributed by atoms with E-state index in [0.29, 0.717) is 29.1 Å². The molecule has 2 aromatic rings. The van der Waals surface area contributed by atoms with E-state index in [0.717, 1.165) is 18.4 Å². The summed E-state index contributed by atoms with van der Waals surface area (Å²) in [5, 5.41) is 0. The SMILES string of the molecule is COC(=O)c1c(C)[nH]c(C(=O)N(Cc2ccccc2)C2CC2)c1C. The molecule has 0 unspecified atom stereocenters. The number of rotatable bonds is 5. The van der Waals surface area contributed by atoms with Crippen LogP contribution in [0, 0.1) is 13.8 Å². The number of carbonyl (C=O) groups excluding carboxylic acids is 2. The van der Waals surface area contributed by atoms with Crippen molar-refractivity contribution in [2.75, 3.05) is 7.11 Å². The van der Waals surface area contributed by atoms with Gasteiger partial charge in [0.1, 0.15) is 5.69 Å². The van der Waals surface area contributed by atoms with Gasteiger partial charge in [0, 0.05) is 18.3 Å². The number of amides is 1. The number of aromatic amines is 1. The lowest BCUT2D eigenvalue weighted by atomic mass is 10.1. The van der Waals surface area contributed by atoms with Gasteiger partial charge in [0.25, 0.3) is 5.91 Å². The average molecular weight is 326 g/mol. The maximum atomic E-state index is 13.1. The molecule has 3 rings (SSSR count). The van der Waals surface area contributed by atoms with E-state index in [4.69, 9.17) is 4.74 Å². The molecule has 1 fully saturated rings. The van der Waals surface area contributed by atoms with Crippen LogP contribution in [0.3, 0.4) is 0 Å². The Bertz CT molecular complexity index is 760. The van der Waals surface area contributed by atoms with E-state index >= 15 is 0 Å². The molecule has 1 amide bonds. The quantitative estimate of drug-likeness (QED) is 0.858. The number of carbonyl (C=O) groups is 2. The van der Waals surface area contributed by atoms with Gasteiger partial charge >= 0.3 is 5.97 Å². The molecule has 1 aromatic heterocycles. The minimum absolute atomic E-state index is 0.0582. The number of nitrogens with one attached hydrogen (secondary N) is 1. The predicted octanol–water partition coefficient (Wildman–Crippen LogP) is 3.22. The van der Waals surface area contributed by atoms with Crippen LogP contribution in [0.5, 0.6) is 0 Å². The van der Waals surface area contributed by atoms with Crippen molar-refractivity contribution >= 4 is 11.9 Å². The van der Waals surface area contributed by atoms with Crippen LogP contribution in [0.4, 0.5) is 0 Å². The molecular formula is C19H22N2O3. The van der Waals surface area contributed by atoms with Crippen molar-refractivity contribution in [3.8, 4) is 0 Å². The van der Waals surface area contributed by atoms with Crippen molar-refractivity contribution in [1.82, 2.24) is 9.88 Å². The lowest BCUT2D eigenvalue weighted by Crippen LogP contribution is -2.33. The summed E-state index contributed by atoms with van der Waals surface area (Å²) >= 11 is 0. The average Bonchev–Trinajstić information content (AvgIpc) is 3.38. The van der Waals surface area contributed by atoms with Gasteiger partial charge in [0.2, 0.25) is 0 Å². The standard InChI is InChI=1S/C19H22N2O3/c1-12-16(19(23)24-3)13(2)20-17(12)18(22)21(15-9-10-15)11-14-7-5-4-6-8-14/h4-8,15,20H,9-11H2,1-3H3. The summed E-state index contributed by atoms with van der Waals surface area (Å²) in [4.78, 5) is 30.0. The first-order valence-electron chi connectivity index (χ1n) is 8.15. The summed E-state index contributed by atoms with van der Waals surface area (Å²) in [6.45, 7) is 4.15. The smallest absolute Gasteiger partial charge is 0.339 e. The largest absolute Gasteiger partial charge is 0.465 e. The third-order valence-corrected chi connectivity index (χ3v) is 4.49. The Morgan fingerprint density at radius 2 is 1.88 bits per heavy atom. The molecule has 24 heavy (non-hydrogen) atoms. The second-order valence-electron chi connectivity index (χ2n) is 6.27. The van der Waals surface area contributed by atoms with E-state index in [9.17, 15) is 9.59 Å². The van der Waals surface area contributed by atoms with Gasteiger partial charge < -0.3 is 14.6 Å². The van der Waals surface area contributed by atoms with Gasteiger partial charge in [0.05, 0.1) is 12.7 Å². The first-order chi connectivity index (χ1) is 11.5. The van der Waals surface area contributed by atoms with Gasteiger partial charge in [-0.2, -0.15) is 0 Å². The lowest BCUT2D eigenvalue weighted by Gasteiger charge is -2.22. The normalized spacial score (nSPS) is 13.6. The third-order valence-electron chi connectivity index (χ3n) is 4.49. The van der Waals surface area contributed by atoms with E-state index in [1.54, 1.807) is 13.8 Å². The van der Waals surface area contributed by atoms with Gasteiger partial charge in [-0.3, -0.25) is 4.79 Å². The summed E-state index contributed by atoms with van der Waals surface area (Å²) in [6, 6.07) is 10.2. The van der Waals surface area contributed by atoms with Gasteiger partial charge in [-0.1, -0.05) is 30.3 Å². The second kappa shape index (κ2) is 6.51. The number of esters is 1. The monoisotopic (exact) mass is 326 g/mol. The molecular weight excluding hydrogens is 304 g/mol. The van der Waals surface area contributed by atoms with E-state index in [-0.39, 0.29) is 11.9 Å². The van der Waals surface area contributed by atoms with E-state index < -0.39 is 5.97 Å². The van der Waals surface area contributed by atoms with Crippen LogP contribution >= 0.6 is 0 Å². The summed E-state index contributed by atoms with van der Waals surface area (Å²) in [5.74, 6) is -0.474. The van der Waals surface area contributed by atoms with Crippen molar-refractivity contribution in [3.05, 3.63) is 58.4 Å². The summed E-state index contributed by atoms with van der Waals surface area (Å²) in [7, 11) is 1.35. The zero-order chi connectivity index (χ0) is 17.3. The van der Waals surface area contributed by atoms with E-state index in [1.807, 2.05) is 35.2 Å². The Labute approximate surface area is 141 Å². The Balaban J connectivity index is 1.90. The molecule has 1 heterocycles. The highest BCUT2D eigenvalue weighted by Crippen LogP contribution is 2.31. The molecule has 1 aliphatic rings. The lowest BCUT2D eigenvalue weighted by molar-refractivity contribution is 0.0599. The summed E-state index contributed by atoms with van der Waals surface area (Å²) in [5.41, 5.74) is 3.36. The number of hydrogen-bond donors (Lipinski definition) is 1. The topological polar surface area (TPSA) is 62.4 Å². The fourth-order valence-corrected chi connectivity index (χ4v) is 3.05. The zero-order valence-corrected chi connectivity index (χ0v) is 14.3. The predicted molar refractivity (Wildman–Crippen MR) is 90.9 cm³/mol. The number of aromatic nitrogens is 1. The summed E-state index contributed by atoms with van der Waals surface area (Å²) in [6.07, 6.45) is 2.06. The maximum absolute atomic E-state index is 13.1. The zero-order valence-electron chi connectivity index (χ0n) is 14.3. The third kappa shape index (κ3) is 3.07. The van der Waals surface area contributed by atoms with E-state index in [1.165, 1.54) is 7.11 Å². The van der Waals surface area contributed by atoms with Crippen molar-refractivity contribution in [2.45, 2.75) is 39.3 Å². The number of nitrogens with zero attached hydrogens (tertiary/aromatic N) is 1. The highest BCUT2D eigenvalue weighted by Gasteiger charge is 2.35. The van der Waals surface area contributed by atoms with Gasteiger partial charge in [-0.05, 0) is 37.8 Å². The highest BCUT2D eigenvalue weighted by atomic mass is 16.5. The summed E-state index contributed by atoms with van der Waals surface area (Å²) < 4.78 is 4.82. The van der Waals surface area contributed by atoms with Crippen LogP contribution < -0.4 is 0 Å². The van der Waals surface area contributed by atoms with Gasteiger partial charge in [-0.25, -0.2) is 4.79 Å². The molecule has 1 aromatic carbocycles. The highest BCUT2D eigenvalue weighted by molar-refractivity contribution is 6.00. The van der Waals surface area contributed by atoms with Crippen molar-refractivity contribution in [2.24, 2.45) is 0 Å². The number of hydrogen-bond acceptors (Lipinski definition) is 3. The van der Waals surface area contributed by atoms with Crippen LogP contribution in [0.15, 0.2) is 30.3 Å². The number of methoxy groups -OCH3 is 1. The number of ether oxygens (including phenoxy) is 1. The Morgan fingerprint density at radius 1 is 1.21 bits per heavy atom. The van der Waals surface area contributed by atoms with E-state index in [2.05, 4.69) is 4.98 Å². The molecule has 0 radical (unpaired) electrons. The Kier molecular flexibility index (Phi) is 4.42. The Hall–Kier alpha value is -2.56. The van der Waals surface area contributed by atoms with Crippen molar-refractivity contribution < 1.29 is 14.3 Å². The first-order valence-corrected chi connectivity index (χ1v) is 8.15. The van der Waals surface area contributed by atoms with Crippen LogP contribution in [-0.2, 0) is 11.3 Å². The molecule has 5 nitrogen and oxygen atoms in total. The number of H-pyrrole nitrogens is 1. The van der Waals surface area contributed by atoms with Crippen LogP contribution in [0.1, 0.15) is 50.5 Å². The van der Waals surface area contributed by atoms with Gasteiger partial charge in [0.15, 0.2) is 0 Å². The maximum Gasteiger partial charge on any atom is 0.339 e. The molecule has 126 valence electrons. The first kappa shape index (κ1) is 16.3. The van der Waals surface area contributed by atoms with Crippen LogP contribution in [-0.4, -0.2) is 34.9 Å². The van der Waals surface area contributed by atoms with Crippen molar-refractivity contribution in [3.63, 3.8) is 0 Å². The fraction of sp³-hybridized carbons (Fsp3) is 0.368. The second-order valence-corrected chi connectivity index (χ2v) is 6.27. The molecule has 0 spiro atoms. The molecule has 0 bridgehead atoms. The van der Waals surface area contributed by atoms with Crippen LogP contribution in [0.25, 0.3) is 0 Å². The molecule has 1 saturated carbocycles. The molecule has 0 atom stereocenters. The minimum Gasteiger partial charge on any atom is -0.465 e. The van der Waals surface area contributed by atoms with Crippen molar-refractivity contribution in [1.29, 1.82) is 0 Å².